The molecule has 1 aliphatic carbocycles. The standard InChI is InChI=1S/C12H24N2O2/c1-11(2)9(7-12(11,3)16-6)13-10(15)8-14(4)5/h9H,7-8H2,1-6H3,(H,13,15)/t9-,12-/m0/s1. The van der Waals surface area contributed by atoms with E-state index in [-0.39, 0.29) is 23.0 Å². The largest absolute Gasteiger partial charge is 0.378 e. The van der Waals surface area contributed by atoms with E-state index in [4.69, 9.17) is 4.74 Å². The normalized spacial score (nSPS) is 32.3. The van der Waals surface area contributed by atoms with E-state index in [2.05, 4.69) is 26.1 Å². The van der Waals surface area contributed by atoms with E-state index in [9.17, 15) is 4.79 Å². The number of hydrogen-bond donors (Lipinski definition) is 1. The highest BCUT2D eigenvalue weighted by Crippen LogP contribution is 2.51. The fraction of sp³-hybridized carbons (Fsp3) is 0.917. The lowest BCUT2D eigenvalue weighted by Gasteiger charge is -2.59. The molecule has 0 aliphatic heterocycles. The molecule has 1 fully saturated rings. The van der Waals surface area contributed by atoms with Crippen molar-refractivity contribution in [2.45, 2.75) is 38.8 Å². The Hall–Kier alpha value is -0.610. The first-order valence-corrected chi connectivity index (χ1v) is 5.72. The van der Waals surface area contributed by atoms with Gasteiger partial charge in [-0.25, -0.2) is 0 Å². The predicted octanol–water partition coefficient (Wildman–Crippen LogP) is 0.868. The smallest absolute Gasteiger partial charge is 0.234 e. The van der Waals surface area contributed by atoms with E-state index in [1.54, 1.807) is 7.11 Å². The van der Waals surface area contributed by atoms with Crippen LogP contribution in [0.25, 0.3) is 0 Å². The number of nitrogens with one attached hydrogen (secondary N) is 1. The van der Waals surface area contributed by atoms with Gasteiger partial charge in [-0.15, -0.1) is 0 Å². The van der Waals surface area contributed by atoms with Gasteiger partial charge in [0.2, 0.25) is 5.91 Å². The van der Waals surface area contributed by atoms with Crippen LogP contribution in [0.15, 0.2) is 0 Å². The van der Waals surface area contributed by atoms with Crippen LogP contribution >= 0.6 is 0 Å². The van der Waals surface area contributed by atoms with Crippen molar-refractivity contribution >= 4 is 5.91 Å². The van der Waals surface area contributed by atoms with Crippen molar-refractivity contribution in [1.29, 1.82) is 0 Å². The number of rotatable bonds is 4. The number of amides is 1. The zero-order valence-corrected chi connectivity index (χ0v) is 11.3. The van der Waals surface area contributed by atoms with Gasteiger partial charge in [0, 0.05) is 18.6 Å². The zero-order valence-electron chi connectivity index (χ0n) is 11.3. The minimum Gasteiger partial charge on any atom is -0.378 e. The van der Waals surface area contributed by atoms with Gasteiger partial charge in [0.1, 0.15) is 0 Å². The van der Waals surface area contributed by atoms with Gasteiger partial charge in [-0.1, -0.05) is 13.8 Å². The minimum absolute atomic E-state index is 0.0102. The van der Waals surface area contributed by atoms with Crippen molar-refractivity contribution < 1.29 is 9.53 Å². The molecule has 1 saturated carbocycles. The van der Waals surface area contributed by atoms with Crippen LogP contribution in [0.5, 0.6) is 0 Å². The van der Waals surface area contributed by atoms with Crippen molar-refractivity contribution in [2.75, 3.05) is 27.7 Å². The summed E-state index contributed by atoms with van der Waals surface area (Å²) in [5.74, 6) is 0.0845. The summed E-state index contributed by atoms with van der Waals surface area (Å²) in [6.45, 7) is 6.82. The zero-order chi connectivity index (χ0) is 12.6. The summed E-state index contributed by atoms with van der Waals surface area (Å²) in [5.41, 5.74) is -0.132. The third-order valence-electron chi connectivity index (χ3n) is 4.07. The van der Waals surface area contributed by atoms with Crippen LogP contribution in [0.3, 0.4) is 0 Å². The molecule has 0 bridgehead atoms. The Morgan fingerprint density at radius 1 is 1.44 bits per heavy atom. The summed E-state index contributed by atoms with van der Waals surface area (Å²) in [7, 11) is 5.52. The maximum atomic E-state index is 11.7. The van der Waals surface area contributed by atoms with Gasteiger partial charge in [-0.2, -0.15) is 0 Å². The van der Waals surface area contributed by atoms with Crippen molar-refractivity contribution in [1.82, 2.24) is 10.2 Å². The lowest BCUT2D eigenvalue weighted by Crippen LogP contribution is -2.69. The second kappa shape index (κ2) is 4.34. The van der Waals surface area contributed by atoms with E-state index >= 15 is 0 Å². The molecule has 1 rings (SSSR count). The Balaban J connectivity index is 2.51. The molecule has 0 radical (unpaired) electrons. The molecule has 0 aromatic rings. The highest BCUT2D eigenvalue weighted by atomic mass is 16.5. The SMILES string of the molecule is CO[C@@]1(C)C[C@H](NC(=O)CN(C)C)C1(C)C. The molecule has 1 amide bonds. The number of nitrogens with zero attached hydrogens (tertiary/aromatic N) is 1. The molecule has 0 heterocycles. The van der Waals surface area contributed by atoms with E-state index in [0.29, 0.717) is 6.54 Å². The van der Waals surface area contributed by atoms with E-state index in [1.165, 1.54) is 0 Å². The Morgan fingerprint density at radius 2 is 2.00 bits per heavy atom. The van der Waals surface area contributed by atoms with Crippen LogP contribution in [0.1, 0.15) is 27.2 Å². The number of likely N-dealkylation sites (N-methyl/N-ethyl adjacent to an activating group) is 1. The van der Waals surface area contributed by atoms with Crippen LogP contribution in [-0.4, -0.2) is 50.2 Å². The maximum Gasteiger partial charge on any atom is 0.234 e. The molecule has 0 spiro atoms. The summed E-state index contributed by atoms with van der Waals surface area (Å²) in [6.07, 6.45) is 0.885. The topological polar surface area (TPSA) is 41.6 Å². The average Bonchev–Trinajstić information content (AvgIpc) is 2.15. The highest BCUT2D eigenvalue weighted by Gasteiger charge is 2.58. The van der Waals surface area contributed by atoms with Gasteiger partial charge < -0.3 is 15.0 Å². The van der Waals surface area contributed by atoms with Crippen LogP contribution in [0, 0.1) is 5.41 Å². The number of carbonyl (C=O) groups is 1. The molecule has 1 N–H and O–H groups in total. The number of hydrogen-bond acceptors (Lipinski definition) is 3. The van der Waals surface area contributed by atoms with Gasteiger partial charge in [0.05, 0.1) is 12.1 Å². The van der Waals surface area contributed by atoms with Gasteiger partial charge in [0.15, 0.2) is 0 Å². The summed E-state index contributed by atoms with van der Waals surface area (Å²) < 4.78 is 5.52. The van der Waals surface area contributed by atoms with E-state index in [0.717, 1.165) is 6.42 Å². The molecule has 1 aliphatic rings. The molecule has 2 atom stereocenters. The minimum atomic E-state index is -0.122. The van der Waals surface area contributed by atoms with Crippen LogP contribution in [0.4, 0.5) is 0 Å². The number of carbonyl (C=O) groups excluding carboxylic acids is 1. The monoisotopic (exact) mass is 228 g/mol. The van der Waals surface area contributed by atoms with Crippen LogP contribution in [0.2, 0.25) is 0 Å². The molecule has 0 aromatic heterocycles. The number of ether oxygens (including phenoxy) is 1. The Morgan fingerprint density at radius 3 is 2.38 bits per heavy atom. The quantitative estimate of drug-likeness (QED) is 0.776. The Labute approximate surface area is 98.3 Å². The second-order valence-electron chi connectivity index (χ2n) is 5.72. The predicted molar refractivity (Wildman–Crippen MR) is 64.3 cm³/mol. The molecule has 4 heteroatoms. The summed E-state index contributed by atoms with van der Waals surface area (Å²) in [6, 6.07) is 0.213. The third kappa shape index (κ3) is 2.23. The van der Waals surface area contributed by atoms with Gasteiger partial charge >= 0.3 is 0 Å². The van der Waals surface area contributed by atoms with Crippen LogP contribution < -0.4 is 5.32 Å². The molecule has 16 heavy (non-hydrogen) atoms. The fourth-order valence-electron chi connectivity index (χ4n) is 2.25. The molecular formula is C12H24N2O2. The van der Waals surface area contributed by atoms with Gasteiger partial charge in [0.25, 0.3) is 0 Å². The summed E-state index contributed by atoms with van der Waals surface area (Å²) in [5, 5.41) is 3.07. The van der Waals surface area contributed by atoms with Crippen molar-refractivity contribution in [3.63, 3.8) is 0 Å². The summed E-state index contributed by atoms with van der Waals surface area (Å²) >= 11 is 0. The molecule has 0 saturated heterocycles. The summed E-state index contributed by atoms with van der Waals surface area (Å²) in [4.78, 5) is 13.5. The first kappa shape index (κ1) is 13.5. The molecule has 0 unspecified atom stereocenters. The van der Waals surface area contributed by atoms with Gasteiger partial charge in [-0.05, 0) is 27.4 Å². The first-order valence-electron chi connectivity index (χ1n) is 5.72. The fourth-order valence-corrected chi connectivity index (χ4v) is 2.25. The molecule has 0 aromatic carbocycles. The lowest BCUT2D eigenvalue weighted by atomic mass is 9.56. The van der Waals surface area contributed by atoms with Crippen molar-refractivity contribution in [3.05, 3.63) is 0 Å². The Bertz CT molecular complexity index is 276. The van der Waals surface area contributed by atoms with Crippen molar-refractivity contribution in [3.8, 4) is 0 Å². The van der Waals surface area contributed by atoms with E-state index < -0.39 is 0 Å². The second-order valence-corrected chi connectivity index (χ2v) is 5.72. The Kier molecular flexibility index (Phi) is 3.65. The lowest BCUT2D eigenvalue weighted by molar-refractivity contribution is -0.182. The van der Waals surface area contributed by atoms with Crippen LogP contribution in [-0.2, 0) is 9.53 Å². The maximum absolute atomic E-state index is 11.7. The van der Waals surface area contributed by atoms with E-state index in [1.807, 2.05) is 19.0 Å². The van der Waals surface area contributed by atoms with Gasteiger partial charge in [-0.3, -0.25) is 4.79 Å². The third-order valence-corrected chi connectivity index (χ3v) is 4.07. The molecule has 94 valence electrons. The highest BCUT2D eigenvalue weighted by molar-refractivity contribution is 5.78. The first-order chi connectivity index (χ1) is 7.23. The number of methoxy groups -OCH3 is 1. The van der Waals surface area contributed by atoms with Crippen molar-refractivity contribution in [2.24, 2.45) is 5.41 Å². The molecular weight excluding hydrogens is 204 g/mol. The molecule has 4 nitrogen and oxygen atoms in total. The average molecular weight is 228 g/mol.